The highest BCUT2D eigenvalue weighted by atomic mass is 16.5. The lowest BCUT2D eigenvalue weighted by Gasteiger charge is -2.19. The molecule has 2 rings (SSSR count). The fraction of sp³-hybridized carbons (Fsp3) is 0.571. The lowest BCUT2D eigenvalue weighted by molar-refractivity contribution is 0.278. The number of pyridine rings is 1. The van der Waals surface area contributed by atoms with E-state index in [9.17, 15) is 0 Å². The monoisotopic (exact) mass is 277 g/mol. The van der Waals surface area contributed by atoms with Crippen molar-refractivity contribution in [3.63, 3.8) is 0 Å². The molecule has 0 bridgehead atoms. The molecule has 2 N–H and O–H groups in total. The molecule has 2 aromatic rings. The summed E-state index contributed by atoms with van der Waals surface area (Å²) in [6, 6.07) is 3.69. The number of fused-ring (bicyclic) bond motifs is 1. The Kier molecular flexibility index (Phi) is 4.79. The van der Waals surface area contributed by atoms with Crippen LogP contribution >= 0.6 is 0 Å². The largest absolute Gasteiger partial charge is 0.481 e. The number of methoxy groups -OCH3 is 1. The van der Waals surface area contributed by atoms with Crippen LogP contribution in [0.25, 0.3) is 11.2 Å². The van der Waals surface area contributed by atoms with Crippen molar-refractivity contribution < 1.29 is 4.74 Å². The quantitative estimate of drug-likeness (QED) is 0.835. The van der Waals surface area contributed by atoms with Crippen LogP contribution in [0, 0.1) is 0 Å². The first kappa shape index (κ1) is 14.6. The summed E-state index contributed by atoms with van der Waals surface area (Å²) in [6.07, 6.45) is 1.15. The summed E-state index contributed by atoms with van der Waals surface area (Å²) in [6.45, 7) is 8.23. The van der Waals surface area contributed by atoms with Crippen LogP contribution in [0.5, 0.6) is 5.88 Å². The number of nitrogens with zero attached hydrogens (tertiary/aromatic N) is 4. The lowest BCUT2D eigenvalue weighted by Crippen LogP contribution is -2.28. The maximum atomic E-state index is 6.00. The Bertz CT molecular complexity index is 566. The SMILES string of the molecule is CCCN(CC)CCn1c(N)nc2ccc(OC)nc21. The molecule has 0 atom stereocenters. The first-order valence-electron chi connectivity index (χ1n) is 7.08. The van der Waals surface area contributed by atoms with Gasteiger partial charge in [0.2, 0.25) is 11.8 Å². The highest BCUT2D eigenvalue weighted by Gasteiger charge is 2.11. The molecule has 6 nitrogen and oxygen atoms in total. The molecule has 0 unspecified atom stereocenters. The Morgan fingerprint density at radius 2 is 2.05 bits per heavy atom. The predicted octanol–water partition coefficient (Wildman–Crippen LogP) is 1.75. The number of nitrogen functional groups attached to an aromatic ring is 1. The highest BCUT2D eigenvalue weighted by Crippen LogP contribution is 2.19. The van der Waals surface area contributed by atoms with E-state index < -0.39 is 0 Å². The second-order valence-electron chi connectivity index (χ2n) is 4.75. The second-order valence-corrected chi connectivity index (χ2v) is 4.75. The van der Waals surface area contributed by atoms with Crippen LogP contribution in [0.2, 0.25) is 0 Å². The highest BCUT2D eigenvalue weighted by molar-refractivity contribution is 5.74. The summed E-state index contributed by atoms with van der Waals surface area (Å²) in [7, 11) is 1.61. The first-order valence-corrected chi connectivity index (χ1v) is 7.08. The zero-order valence-corrected chi connectivity index (χ0v) is 12.5. The molecule has 0 amide bonds. The van der Waals surface area contributed by atoms with Crippen molar-refractivity contribution in [1.29, 1.82) is 0 Å². The van der Waals surface area contributed by atoms with Gasteiger partial charge in [-0.15, -0.1) is 0 Å². The average molecular weight is 277 g/mol. The minimum Gasteiger partial charge on any atom is -0.481 e. The smallest absolute Gasteiger partial charge is 0.215 e. The summed E-state index contributed by atoms with van der Waals surface area (Å²) in [5.41, 5.74) is 7.59. The standard InChI is InChI=1S/C14H23N5O/c1-4-8-18(5-2)9-10-19-13-11(16-14(19)15)6-7-12(17-13)20-3/h6-7H,4-5,8-10H2,1-3H3,(H2,15,16). The van der Waals surface area contributed by atoms with Gasteiger partial charge < -0.3 is 15.4 Å². The number of nitrogens with two attached hydrogens (primary N) is 1. The Hall–Kier alpha value is -1.82. The predicted molar refractivity (Wildman–Crippen MR) is 80.9 cm³/mol. The van der Waals surface area contributed by atoms with Crippen molar-refractivity contribution in [3.05, 3.63) is 12.1 Å². The van der Waals surface area contributed by atoms with E-state index in [0.717, 1.165) is 43.8 Å². The van der Waals surface area contributed by atoms with Crippen LogP contribution in [0.3, 0.4) is 0 Å². The van der Waals surface area contributed by atoms with Gasteiger partial charge in [-0.3, -0.25) is 4.57 Å². The molecular weight excluding hydrogens is 254 g/mol. The molecule has 2 heterocycles. The molecule has 0 spiro atoms. The van der Waals surface area contributed by atoms with E-state index in [1.807, 2.05) is 10.6 Å². The second kappa shape index (κ2) is 6.56. The van der Waals surface area contributed by atoms with Crippen LogP contribution in [0.15, 0.2) is 12.1 Å². The van der Waals surface area contributed by atoms with E-state index >= 15 is 0 Å². The maximum Gasteiger partial charge on any atom is 0.215 e. The molecule has 0 radical (unpaired) electrons. The van der Waals surface area contributed by atoms with Crippen LogP contribution in [0.1, 0.15) is 20.3 Å². The van der Waals surface area contributed by atoms with Gasteiger partial charge in [0.1, 0.15) is 5.52 Å². The molecule has 20 heavy (non-hydrogen) atoms. The lowest BCUT2D eigenvalue weighted by atomic mass is 10.4. The van der Waals surface area contributed by atoms with E-state index in [1.165, 1.54) is 0 Å². The molecule has 0 aliphatic heterocycles. The Labute approximate surface area is 119 Å². The topological polar surface area (TPSA) is 69.2 Å². The molecule has 6 heteroatoms. The fourth-order valence-corrected chi connectivity index (χ4v) is 2.32. The van der Waals surface area contributed by atoms with Gasteiger partial charge in [-0.25, -0.2) is 4.98 Å². The van der Waals surface area contributed by atoms with Crippen LogP contribution < -0.4 is 10.5 Å². The van der Waals surface area contributed by atoms with E-state index in [2.05, 4.69) is 28.7 Å². The molecule has 0 saturated heterocycles. The molecular formula is C14H23N5O. The van der Waals surface area contributed by atoms with Crippen molar-refractivity contribution >= 4 is 17.1 Å². The number of hydrogen-bond donors (Lipinski definition) is 1. The van der Waals surface area contributed by atoms with Crippen molar-refractivity contribution in [2.45, 2.75) is 26.8 Å². The minimum atomic E-state index is 0.508. The van der Waals surface area contributed by atoms with Crippen molar-refractivity contribution in [3.8, 4) is 5.88 Å². The van der Waals surface area contributed by atoms with E-state index in [0.29, 0.717) is 11.8 Å². The van der Waals surface area contributed by atoms with Gasteiger partial charge in [-0.05, 0) is 25.6 Å². The van der Waals surface area contributed by atoms with E-state index in [1.54, 1.807) is 13.2 Å². The van der Waals surface area contributed by atoms with Crippen molar-refractivity contribution in [2.24, 2.45) is 0 Å². The summed E-state index contributed by atoms with van der Waals surface area (Å²) in [4.78, 5) is 11.2. The third-order valence-corrected chi connectivity index (χ3v) is 3.43. The Morgan fingerprint density at radius 3 is 2.70 bits per heavy atom. The Balaban J connectivity index is 2.22. The van der Waals surface area contributed by atoms with Crippen LogP contribution in [-0.2, 0) is 6.54 Å². The Morgan fingerprint density at radius 1 is 1.25 bits per heavy atom. The molecule has 2 aromatic heterocycles. The van der Waals surface area contributed by atoms with Gasteiger partial charge in [0.15, 0.2) is 5.65 Å². The molecule has 0 aliphatic carbocycles. The summed E-state index contributed by atoms with van der Waals surface area (Å²) in [5, 5.41) is 0. The number of hydrogen-bond acceptors (Lipinski definition) is 5. The number of rotatable bonds is 7. The maximum absolute atomic E-state index is 6.00. The number of imidazole rings is 1. The third-order valence-electron chi connectivity index (χ3n) is 3.43. The van der Waals surface area contributed by atoms with Crippen LogP contribution in [0.4, 0.5) is 5.95 Å². The van der Waals surface area contributed by atoms with Crippen molar-refractivity contribution in [1.82, 2.24) is 19.4 Å². The molecule has 0 fully saturated rings. The first-order chi connectivity index (χ1) is 9.69. The molecule has 0 saturated carbocycles. The summed E-state index contributed by atoms with van der Waals surface area (Å²) >= 11 is 0. The zero-order valence-electron chi connectivity index (χ0n) is 12.5. The van der Waals surface area contributed by atoms with Crippen LogP contribution in [-0.4, -0.2) is 46.2 Å². The van der Waals surface area contributed by atoms with Gasteiger partial charge in [0, 0.05) is 19.2 Å². The fourth-order valence-electron chi connectivity index (χ4n) is 2.32. The molecule has 110 valence electrons. The average Bonchev–Trinajstić information content (AvgIpc) is 2.78. The summed E-state index contributed by atoms with van der Waals surface area (Å²) in [5.74, 6) is 1.09. The van der Waals surface area contributed by atoms with Gasteiger partial charge >= 0.3 is 0 Å². The number of anilines is 1. The molecule has 0 aromatic carbocycles. The minimum absolute atomic E-state index is 0.508. The van der Waals surface area contributed by atoms with Gasteiger partial charge in [-0.2, -0.15) is 4.98 Å². The summed E-state index contributed by atoms with van der Waals surface area (Å²) < 4.78 is 7.12. The number of likely N-dealkylation sites (N-methyl/N-ethyl adjacent to an activating group) is 1. The number of ether oxygens (including phenoxy) is 1. The van der Waals surface area contributed by atoms with Crippen molar-refractivity contribution in [2.75, 3.05) is 32.5 Å². The van der Waals surface area contributed by atoms with E-state index in [-0.39, 0.29) is 0 Å². The third kappa shape index (κ3) is 3.01. The molecule has 0 aliphatic rings. The van der Waals surface area contributed by atoms with Gasteiger partial charge in [0.25, 0.3) is 0 Å². The van der Waals surface area contributed by atoms with Gasteiger partial charge in [0.05, 0.1) is 7.11 Å². The van der Waals surface area contributed by atoms with E-state index in [4.69, 9.17) is 10.5 Å². The van der Waals surface area contributed by atoms with Gasteiger partial charge in [-0.1, -0.05) is 13.8 Å². The normalized spacial score (nSPS) is 11.4. The number of aromatic nitrogens is 3. The zero-order chi connectivity index (χ0) is 14.5.